The highest BCUT2D eigenvalue weighted by atomic mass is 16.5. The Kier molecular flexibility index (Phi) is 4.63. The van der Waals surface area contributed by atoms with Crippen molar-refractivity contribution in [3.8, 4) is 11.4 Å². The van der Waals surface area contributed by atoms with E-state index >= 15 is 0 Å². The minimum absolute atomic E-state index is 0.170. The molecule has 0 unspecified atom stereocenters. The number of carbonyl (C=O) groups is 1. The number of ether oxygens (including phenoxy) is 1. The Morgan fingerprint density at radius 2 is 1.96 bits per heavy atom. The van der Waals surface area contributed by atoms with Crippen LogP contribution in [0.2, 0.25) is 0 Å². The van der Waals surface area contributed by atoms with Crippen LogP contribution in [0.5, 0.6) is 0 Å². The molecule has 0 radical (unpaired) electrons. The molecule has 2 aromatic carbocycles. The molecular formula is C23H22N2O2. The molecule has 136 valence electrons. The van der Waals surface area contributed by atoms with Crippen molar-refractivity contribution < 1.29 is 9.53 Å². The van der Waals surface area contributed by atoms with Gasteiger partial charge in [-0.3, -0.25) is 4.79 Å². The first-order valence-electron chi connectivity index (χ1n) is 9.20. The van der Waals surface area contributed by atoms with Gasteiger partial charge in [-0.2, -0.15) is 0 Å². The number of nitrogens with one attached hydrogen (secondary N) is 1. The Bertz CT molecular complexity index is 1130. The van der Waals surface area contributed by atoms with E-state index in [9.17, 15) is 4.79 Å². The lowest BCUT2D eigenvalue weighted by molar-refractivity contribution is -0.140. The van der Waals surface area contributed by atoms with Crippen molar-refractivity contribution in [3.05, 3.63) is 65.7 Å². The van der Waals surface area contributed by atoms with Crippen molar-refractivity contribution in [2.45, 2.75) is 26.2 Å². The molecule has 1 N–H and O–H groups in total. The number of aromatic nitrogens is 2. The Morgan fingerprint density at radius 3 is 2.81 bits per heavy atom. The predicted octanol–water partition coefficient (Wildman–Crippen LogP) is 5.19. The van der Waals surface area contributed by atoms with Crippen molar-refractivity contribution in [1.82, 2.24) is 9.97 Å². The van der Waals surface area contributed by atoms with Gasteiger partial charge in [-0.25, -0.2) is 4.98 Å². The molecule has 0 aliphatic carbocycles. The molecular weight excluding hydrogens is 336 g/mol. The second kappa shape index (κ2) is 7.23. The minimum atomic E-state index is -0.170. The fraction of sp³-hybridized carbons (Fsp3) is 0.217. The number of methoxy groups -OCH3 is 1. The van der Waals surface area contributed by atoms with Gasteiger partial charge in [0.1, 0.15) is 0 Å². The number of aromatic amines is 1. The fourth-order valence-corrected chi connectivity index (χ4v) is 3.56. The van der Waals surface area contributed by atoms with Crippen molar-refractivity contribution >= 4 is 27.8 Å². The third-order valence-corrected chi connectivity index (χ3v) is 4.95. The van der Waals surface area contributed by atoms with Crippen LogP contribution >= 0.6 is 0 Å². The summed E-state index contributed by atoms with van der Waals surface area (Å²) in [5, 5.41) is 2.32. The van der Waals surface area contributed by atoms with Gasteiger partial charge in [0.2, 0.25) is 0 Å². The minimum Gasteiger partial charge on any atom is -0.469 e. The number of benzene rings is 2. The molecule has 4 nitrogen and oxygen atoms in total. The van der Waals surface area contributed by atoms with E-state index in [2.05, 4.69) is 48.3 Å². The molecule has 0 spiro atoms. The van der Waals surface area contributed by atoms with Crippen LogP contribution in [-0.4, -0.2) is 23.0 Å². The van der Waals surface area contributed by atoms with E-state index in [4.69, 9.17) is 9.72 Å². The number of hydrogen-bond acceptors (Lipinski definition) is 3. The Balaban J connectivity index is 1.80. The predicted molar refractivity (Wildman–Crippen MR) is 109 cm³/mol. The lowest BCUT2D eigenvalue weighted by Crippen LogP contribution is -2.01. The van der Waals surface area contributed by atoms with Crippen LogP contribution < -0.4 is 0 Å². The standard InChI is InChI=1S/C23H22N2O2/c1-15-10-12-20-18(14-15)17(7-5-9-22(26)27-2)23(25-20)21-13-11-16-6-3-4-8-19(16)24-21/h3-4,6,8,10-14,25H,5,7,9H2,1-2H3. The molecule has 0 amide bonds. The molecule has 0 aliphatic rings. The molecule has 27 heavy (non-hydrogen) atoms. The molecule has 2 heterocycles. The Labute approximate surface area is 158 Å². The van der Waals surface area contributed by atoms with Gasteiger partial charge in [0.05, 0.1) is 24.0 Å². The van der Waals surface area contributed by atoms with Crippen molar-refractivity contribution in [2.75, 3.05) is 7.11 Å². The summed E-state index contributed by atoms with van der Waals surface area (Å²) in [4.78, 5) is 19.9. The maximum absolute atomic E-state index is 11.5. The smallest absolute Gasteiger partial charge is 0.305 e. The summed E-state index contributed by atoms with van der Waals surface area (Å²) < 4.78 is 4.78. The number of aryl methyl sites for hydroxylation is 2. The summed E-state index contributed by atoms with van der Waals surface area (Å²) in [6, 6.07) is 18.7. The zero-order valence-corrected chi connectivity index (χ0v) is 15.6. The van der Waals surface area contributed by atoms with Gasteiger partial charge < -0.3 is 9.72 Å². The molecule has 0 fully saturated rings. The first-order valence-corrected chi connectivity index (χ1v) is 9.20. The van der Waals surface area contributed by atoms with Gasteiger partial charge in [0.25, 0.3) is 0 Å². The number of nitrogens with zero attached hydrogens (tertiary/aromatic N) is 1. The second-order valence-corrected chi connectivity index (χ2v) is 6.85. The molecule has 4 heteroatoms. The number of fused-ring (bicyclic) bond motifs is 2. The molecule has 0 bridgehead atoms. The molecule has 0 saturated heterocycles. The average Bonchev–Trinajstić information content (AvgIpc) is 3.05. The van der Waals surface area contributed by atoms with Gasteiger partial charge in [-0.15, -0.1) is 0 Å². The van der Waals surface area contributed by atoms with Gasteiger partial charge in [0.15, 0.2) is 0 Å². The number of carbonyl (C=O) groups excluding carboxylic acids is 1. The highest BCUT2D eigenvalue weighted by molar-refractivity contribution is 5.92. The Hall–Kier alpha value is -3.14. The van der Waals surface area contributed by atoms with E-state index < -0.39 is 0 Å². The number of hydrogen-bond donors (Lipinski definition) is 1. The van der Waals surface area contributed by atoms with E-state index in [1.54, 1.807) is 0 Å². The molecule has 0 saturated carbocycles. The molecule has 4 rings (SSSR count). The van der Waals surface area contributed by atoms with E-state index in [1.165, 1.54) is 23.6 Å². The lowest BCUT2D eigenvalue weighted by Gasteiger charge is -2.06. The number of rotatable bonds is 5. The van der Waals surface area contributed by atoms with Crippen LogP contribution in [0.1, 0.15) is 24.0 Å². The summed E-state index contributed by atoms with van der Waals surface area (Å²) in [5.74, 6) is -0.170. The fourth-order valence-electron chi connectivity index (χ4n) is 3.56. The summed E-state index contributed by atoms with van der Waals surface area (Å²) in [6.07, 6.45) is 1.95. The van der Waals surface area contributed by atoms with Crippen LogP contribution in [0.15, 0.2) is 54.6 Å². The van der Waals surface area contributed by atoms with Crippen molar-refractivity contribution in [3.63, 3.8) is 0 Å². The van der Waals surface area contributed by atoms with Crippen molar-refractivity contribution in [2.24, 2.45) is 0 Å². The molecule has 0 atom stereocenters. The van der Waals surface area contributed by atoms with E-state index in [0.29, 0.717) is 6.42 Å². The molecule has 4 aromatic rings. The second-order valence-electron chi connectivity index (χ2n) is 6.85. The first kappa shape index (κ1) is 17.3. The molecule has 2 aromatic heterocycles. The zero-order chi connectivity index (χ0) is 18.8. The van der Waals surface area contributed by atoms with Crippen LogP contribution in [-0.2, 0) is 16.0 Å². The summed E-state index contributed by atoms with van der Waals surface area (Å²) in [5.41, 5.74) is 6.46. The molecule has 0 aliphatic heterocycles. The lowest BCUT2D eigenvalue weighted by atomic mass is 10.0. The van der Waals surface area contributed by atoms with Gasteiger partial charge >= 0.3 is 5.97 Å². The third-order valence-electron chi connectivity index (χ3n) is 4.95. The quantitative estimate of drug-likeness (QED) is 0.500. The van der Waals surface area contributed by atoms with Gasteiger partial charge in [-0.1, -0.05) is 35.9 Å². The monoisotopic (exact) mass is 358 g/mol. The van der Waals surface area contributed by atoms with E-state index in [-0.39, 0.29) is 5.97 Å². The van der Waals surface area contributed by atoms with E-state index in [0.717, 1.165) is 40.6 Å². The first-order chi connectivity index (χ1) is 13.2. The summed E-state index contributed by atoms with van der Waals surface area (Å²) >= 11 is 0. The maximum Gasteiger partial charge on any atom is 0.305 e. The van der Waals surface area contributed by atoms with E-state index in [1.807, 2.05) is 18.2 Å². The highest BCUT2D eigenvalue weighted by Crippen LogP contribution is 2.32. The SMILES string of the molecule is COC(=O)CCCc1c(-c2ccc3ccccc3n2)[nH]c2ccc(C)cc12. The number of pyridine rings is 1. The van der Waals surface area contributed by atoms with Crippen LogP contribution in [0.25, 0.3) is 33.2 Å². The number of para-hydroxylation sites is 1. The normalized spacial score (nSPS) is 11.2. The topological polar surface area (TPSA) is 55.0 Å². The largest absolute Gasteiger partial charge is 0.469 e. The van der Waals surface area contributed by atoms with Crippen LogP contribution in [0, 0.1) is 6.92 Å². The average molecular weight is 358 g/mol. The van der Waals surface area contributed by atoms with Gasteiger partial charge in [0, 0.05) is 22.7 Å². The van der Waals surface area contributed by atoms with Gasteiger partial charge in [-0.05, 0) is 49.6 Å². The van der Waals surface area contributed by atoms with Crippen LogP contribution in [0.3, 0.4) is 0 Å². The number of H-pyrrole nitrogens is 1. The third kappa shape index (κ3) is 3.43. The number of esters is 1. The summed E-state index contributed by atoms with van der Waals surface area (Å²) in [6.45, 7) is 2.10. The van der Waals surface area contributed by atoms with Crippen LogP contribution in [0.4, 0.5) is 0 Å². The Morgan fingerprint density at radius 1 is 1.11 bits per heavy atom. The highest BCUT2D eigenvalue weighted by Gasteiger charge is 2.15. The maximum atomic E-state index is 11.5. The zero-order valence-electron chi connectivity index (χ0n) is 15.6. The van der Waals surface area contributed by atoms with Crippen molar-refractivity contribution in [1.29, 1.82) is 0 Å². The summed E-state index contributed by atoms with van der Waals surface area (Å²) in [7, 11) is 1.43.